The largest absolute Gasteiger partial charge is 0.378 e. The standard InChI is InChI=1S/C21H28N2OS/c1-17-4-5-19(13-22-17)14-23-10-9-21(16-23,20-3-2-11-24-20)8-6-18-7-12-25-15-18/h4-5,7,12-13,15,20H,2-3,6,8-11,14,16H2,1H3/t20-,21+/m0/s1. The second-order valence-corrected chi connectivity index (χ2v) is 8.54. The number of hydrogen-bond donors (Lipinski definition) is 0. The van der Waals surface area contributed by atoms with E-state index in [1.54, 1.807) is 0 Å². The van der Waals surface area contributed by atoms with Crippen LogP contribution in [0.15, 0.2) is 35.2 Å². The smallest absolute Gasteiger partial charge is 0.0645 e. The second-order valence-electron chi connectivity index (χ2n) is 7.76. The minimum absolute atomic E-state index is 0.330. The molecule has 0 bridgehead atoms. The molecule has 134 valence electrons. The average molecular weight is 357 g/mol. The Hall–Kier alpha value is -1.23. The Bertz CT molecular complexity index is 664. The van der Waals surface area contributed by atoms with Gasteiger partial charge in [0.2, 0.25) is 0 Å². The summed E-state index contributed by atoms with van der Waals surface area (Å²) < 4.78 is 6.19. The molecule has 4 heterocycles. The summed E-state index contributed by atoms with van der Waals surface area (Å²) in [5.74, 6) is 0. The van der Waals surface area contributed by atoms with Gasteiger partial charge in [0, 0.05) is 37.0 Å². The van der Waals surface area contributed by atoms with Crippen LogP contribution in [0.5, 0.6) is 0 Å². The van der Waals surface area contributed by atoms with Crippen molar-refractivity contribution in [1.82, 2.24) is 9.88 Å². The second kappa shape index (κ2) is 7.56. The summed E-state index contributed by atoms with van der Waals surface area (Å²) in [6, 6.07) is 6.62. The van der Waals surface area contributed by atoms with Crippen LogP contribution in [0.1, 0.15) is 42.5 Å². The van der Waals surface area contributed by atoms with Crippen molar-refractivity contribution in [2.75, 3.05) is 19.7 Å². The van der Waals surface area contributed by atoms with E-state index in [1.807, 2.05) is 24.5 Å². The van der Waals surface area contributed by atoms with Gasteiger partial charge in [-0.2, -0.15) is 11.3 Å². The maximum absolute atomic E-state index is 6.19. The van der Waals surface area contributed by atoms with E-state index in [0.29, 0.717) is 11.5 Å². The Morgan fingerprint density at radius 3 is 3.00 bits per heavy atom. The number of aromatic nitrogens is 1. The zero-order chi connectivity index (χ0) is 17.1. The van der Waals surface area contributed by atoms with Crippen LogP contribution in [0.25, 0.3) is 0 Å². The molecule has 3 nitrogen and oxygen atoms in total. The van der Waals surface area contributed by atoms with Crippen molar-refractivity contribution in [3.8, 4) is 0 Å². The zero-order valence-electron chi connectivity index (χ0n) is 15.1. The molecule has 2 fully saturated rings. The van der Waals surface area contributed by atoms with Crippen molar-refractivity contribution in [1.29, 1.82) is 0 Å². The molecule has 0 amide bonds. The highest BCUT2D eigenvalue weighted by Gasteiger charge is 2.45. The summed E-state index contributed by atoms with van der Waals surface area (Å²) in [5.41, 5.74) is 4.24. The van der Waals surface area contributed by atoms with Crippen LogP contribution in [0, 0.1) is 12.3 Å². The van der Waals surface area contributed by atoms with Crippen LogP contribution in [0.2, 0.25) is 0 Å². The molecule has 0 aliphatic carbocycles. The Balaban J connectivity index is 1.44. The van der Waals surface area contributed by atoms with Gasteiger partial charge in [0.05, 0.1) is 6.10 Å². The van der Waals surface area contributed by atoms with Crippen LogP contribution < -0.4 is 0 Å². The number of pyridine rings is 1. The number of hydrogen-bond acceptors (Lipinski definition) is 4. The molecule has 0 unspecified atom stereocenters. The van der Waals surface area contributed by atoms with E-state index in [-0.39, 0.29) is 0 Å². The van der Waals surface area contributed by atoms with Crippen LogP contribution in [-0.2, 0) is 17.7 Å². The fraction of sp³-hybridized carbons (Fsp3) is 0.571. The lowest BCUT2D eigenvalue weighted by molar-refractivity contribution is -0.00180. The lowest BCUT2D eigenvalue weighted by Gasteiger charge is -2.35. The van der Waals surface area contributed by atoms with Gasteiger partial charge in [-0.15, -0.1) is 0 Å². The van der Waals surface area contributed by atoms with Crippen LogP contribution >= 0.6 is 11.3 Å². The monoisotopic (exact) mass is 356 g/mol. The van der Waals surface area contributed by atoms with E-state index in [2.05, 4.69) is 38.8 Å². The molecular weight excluding hydrogens is 328 g/mol. The van der Waals surface area contributed by atoms with Gasteiger partial charge in [0.15, 0.2) is 0 Å². The van der Waals surface area contributed by atoms with Gasteiger partial charge in [-0.1, -0.05) is 6.07 Å². The molecule has 0 aromatic carbocycles. The lowest BCUT2D eigenvalue weighted by atomic mass is 9.75. The van der Waals surface area contributed by atoms with Crippen LogP contribution in [0.4, 0.5) is 0 Å². The van der Waals surface area contributed by atoms with E-state index < -0.39 is 0 Å². The van der Waals surface area contributed by atoms with Crippen molar-refractivity contribution >= 4 is 11.3 Å². The highest BCUT2D eigenvalue weighted by molar-refractivity contribution is 7.07. The van der Waals surface area contributed by atoms with Gasteiger partial charge < -0.3 is 4.74 Å². The number of nitrogens with zero attached hydrogens (tertiary/aromatic N) is 2. The first-order valence-electron chi connectivity index (χ1n) is 9.50. The van der Waals surface area contributed by atoms with Crippen molar-refractivity contribution < 1.29 is 4.74 Å². The fourth-order valence-corrected chi connectivity index (χ4v) is 5.19. The van der Waals surface area contributed by atoms with Gasteiger partial charge in [0.25, 0.3) is 0 Å². The third-order valence-corrected chi connectivity index (χ3v) is 6.68. The van der Waals surface area contributed by atoms with E-state index in [0.717, 1.165) is 25.4 Å². The van der Waals surface area contributed by atoms with E-state index in [4.69, 9.17) is 4.74 Å². The Labute approximate surface area is 155 Å². The molecule has 2 aliphatic heterocycles. The highest BCUT2D eigenvalue weighted by Crippen LogP contribution is 2.44. The third-order valence-electron chi connectivity index (χ3n) is 5.95. The van der Waals surface area contributed by atoms with E-state index in [1.165, 1.54) is 49.8 Å². The number of aryl methyl sites for hydroxylation is 2. The van der Waals surface area contributed by atoms with Gasteiger partial charge in [-0.3, -0.25) is 9.88 Å². The first-order valence-corrected chi connectivity index (χ1v) is 10.4. The number of rotatable bonds is 6. The van der Waals surface area contributed by atoms with Gasteiger partial charge in [-0.05, 0) is 79.6 Å². The van der Waals surface area contributed by atoms with Crippen molar-refractivity contribution in [3.05, 3.63) is 52.0 Å². The molecule has 2 aromatic rings. The predicted molar refractivity (Wildman–Crippen MR) is 103 cm³/mol. The quantitative estimate of drug-likeness (QED) is 0.764. The fourth-order valence-electron chi connectivity index (χ4n) is 4.49. The maximum Gasteiger partial charge on any atom is 0.0645 e. The third kappa shape index (κ3) is 3.97. The van der Waals surface area contributed by atoms with Gasteiger partial charge in [-0.25, -0.2) is 0 Å². The number of ether oxygens (including phenoxy) is 1. The zero-order valence-corrected chi connectivity index (χ0v) is 15.9. The van der Waals surface area contributed by atoms with Crippen molar-refractivity contribution in [3.63, 3.8) is 0 Å². The molecule has 0 saturated carbocycles. The summed E-state index contributed by atoms with van der Waals surface area (Å²) in [4.78, 5) is 7.07. The van der Waals surface area contributed by atoms with Crippen LogP contribution in [-0.4, -0.2) is 35.7 Å². The molecule has 2 aliphatic rings. The van der Waals surface area contributed by atoms with Gasteiger partial charge >= 0.3 is 0 Å². The molecule has 2 saturated heterocycles. The van der Waals surface area contributed by atoms with Gasteiger partial charge in [0.1, 0.15) is 0 Å². The normalized spacial score (nSPS) is 27.2. The number of likely N-dealkylation sites (tertiary alicyclic amines) is 1. The van der Waals surface area contributed by atoms with Crippen LogP contribution in [0.3, 0.4) is 0 Å². The number of thiophene rings is 1. The molecule has 0 N–H and O–H groups in total. The molecule has 0 spiro atoms. The Morgan fingerprint density at radius 1 is 1.32 bits per heavy atom. The molecule has 4 heteroatoms. The summed E-state index contributed by atoms with van der Waals surface area (Å²) in [6.07, 6.45) is 8.65. The van der Waals surface area contributed by atoms with Crippen molar-refractivity contribution in [2.24, 2.45) is 5.41 Å². The highest BCUT2D eigenvalue weighted by atomic mass is 32.1. The molecular formula is C21H28N2OS. The molecule has 4 rings (SSSR count). The summed E-state index contributed by atoms with van der Waals surface area (Å²) in [5, 5.41) is 4.49. The lowest BCUT2D eigenvalue weighted by Crippen LogP contribution is -2.38. The average Bonchev–Trinajstić information content (AvgIpc) is 3.38. The molecule has 0 radical (unpaired) electrons. The van der Waals surface area contributed by atoms with E-state index >= 15 is 0 Å². The molecule has 25 heavy (non-hydrogen) atoms. The predicted octanol–water partition coefficient (Wildman–Crippen LogP) is 4.46. The minimum atomic E-state index is 0.330. The topological polar surface area (TPSA) is 25.4 Å². The molecule has 2 atom stereocenters. The first kappa shape index (κ1) is 17.2. The maximum atomic E-state index is 6.19. The molecule has 2 aromatic heterocycles. The SMILES string of the molecule is Cc1ccc(CN2CC[C@@](CCc3ccsc3)([C@@H]3CCCO3)C2)cn1. The van der Waals surface area contributed by atoms with Crippen molar-refractivity contribution in [2.45, 2.75) is 51.7 Å². The summed E-state index contributed by atoms with van der Waals surface area (Å²) >= 11 is 1.81. The summed E-state index contributed by atoms with van der Waals surface area (Å²) in [6.45, 7) is 6.35. The Morgan fingerprint density at radius 2 is 2.28 bits per heavy atom. The Kier molecular flexibility index (Phi) is 5.20. The summed E-state index contributed by atoms with van der Waals surface area (Å²) in [7, 11) is 0. The minimum Gasteiger partial charge on any atom is -0.378 e. The first-order chi connectivity index (χ1) is 12.2. The van der Waals surface area contributed by atoms with E-state index in [9.17, 15) is 0 Å².